The van der Waals surface area contributed by atoms with E-state index in [4.69, 9.17) is 0 Å². The van der Waals surface area contributed by atoms with Crippen LogP contribution in [-0.2, 0) is 9.13 Å². The lowest BCUT2D eigenvalue weighted by Crippen LogP contribution is -2.36. The van der Waals surface area contributed by atoms with Crippen molar-refractivity contribution in [2.24, 2.45) is 0 Å². The molecule has 0 aromatic rings. The Morgan fingerprint density at radius 3 is 2.12 bits per heavy atom. The fourth-order valence-electron chi connectivity index (χ4n) is 2.86. The van der Waals surface area contributed by atoms with Crippen molar-refractivity contribution in [1.29, 1.82) is 0 Å². The predicted octanol–water partition coefficient (Wildman–Crippen LogP) is 0.296. The Morgan fingerprint density at radius 1 is 1.06 bits per heavy atom. The summed E-state index contributed by atoms with van der Waals surface area (Å²) in [5.41, 5.74) is 0. The molecule has 7 nitrogen and oxygen atoms in total. The van der Waals surface area contributed by atoms with Crippen LogP contribution in [0.25, 0.3) is 0 Å². The minimum absolute atomic E-state index is 0.107. The van der Waals surface area contributed by atoms with Gasteiger partial charge >= 0.3 is 15.2 Å². The van der Waals surface area contributed by atoms with Crippen LogP contribution in [0, 0.1) is 0 Å². The monoisotopic (exact) mass is 285 g/mol. The normalized spacial score (nSPS) is 30.2. The molecule has 0 aromatic heterocycles. The van der Waals surface area contributed by atoms with Crippen molar-refractivity contribution in [1.82, 2.24) is 4.90 Å². The Bertz CT molecular complexity index is 363. The van der Waals surface area contributed by atoms with Gasteiger partial charge in [0.25, 0.3) is 0 Å². The largest absolute Gasteiger partial charge is 0.345 e. The molecule has 0 radical (unpaired) electrons. The number of rotatable bonds is 2. The zero-order chi connectivity index (χ0) is 12.9. The van der Waals surface area contributed by atoms with Crippen LogP contribution in [0.3, 0.4) is 0 Å². The Labute approximate surface area is 99.1 Å². The van der Waals surface area contributed by atoms with E-state index >= 15 is 0 Å². The van der Waals surface area contributed by atoms with Crippen molar-refractivity contribution in [3.8, 4) is 0 Å². The highest BCUT2D eigenvalue weighted by molar-refractivity contribution is 7.72. The van der Waals surface area contributed by atoms with Gasteiger partial charge in [-0.25, -0.2) is 0 Å². The molecule has 9 heteroatoms. The van der Waals surface area contributed by atoms with Gasteiger partial charge < -0.3 is 19.6 Å². The summed E-state index contributed by atoms with van der Waals surface area (Å²) in [6.45, 7) is 0.457. The second-order valence-electron chi connectivity index (χ2n) is 4.89. The second-order valence-corrected chi connectivity index (χ2v) is 9.14. The zero-order valence-electron chi connectivity index (χ0n) is 9.27. The third kappa shape index (κ3) is 2.15. The first-order chi connectivity index (χ1) is 7.67. The van der Waals surface area contributed by atoms with Gasteiger partial charge in [-0.2, -0.15) is 0 Å². The third-order valence-corrected chi connectivity index (χ3v) is 8.23. The molecule has 4 N–H and O–H groups in total. The first-order valence-electron chi connectivity index (χ1n) is 5.53. The lowest BCUT2D eigenvalue weighted by Gasteiger charge is -2.30. The molecule has 2 aliphatic rings. The van der Waals surface area contributed by atoms with Crippen LogP contribution >= 0.6 is 15.2 Å². The molecule has 17 heavy (non-hydrogen) atoms. The number of nitrogens with zero attached hydrogens (tertiary/aromatic N) is 1. The summed E-state index contributed by atoms with van der Waals surface area (Å²) in [4.78, 5) is 37.0. The fourth-order valence-corrected chi connectivity index (χ4v) is 5.84. The quantitative estimate of drug-likeness (QED) is 0.539. The van der Waals surface area contributed by atoms with E-state index in [-0.39, 0.29) is 19.0 Å². The topological polar surface area (TPSA) is 118 Å². The van der Waals surface area contributed by atoms with Crippen molar-refractivity contribution in [2.75, 3.05) is 13.1 Å². The summed E-state index contributed by atoms with van der Waals surface area (Å²) in [6.07, 6.45) is 2.50. The maximum Gasteiger partial charge on any atom is 0.345 e. The maximum atomic E-state index is 11.5. The molecule has 100 valence electrons. The highest BCUT2D eigenvalue weighted by atomic mass is 31.2. The van der Waals surface area contributed by atoms with Crippen LogP contribution in [-0.4, -0.2) is 48.5 Å². The molecule has 2 saturated heterocycles. The number of piperidine rings is 1. The van der Waals surface area contributed by atoms with Crippen molar-refractivity contribution in [3.63, 3.8) is 0 Å². The molecule has 0 aromatic carbocycles. The van der Waals surface area contributed by atoms with Crippen LogP contribution in [0.2, 0.25) is 0 Å². The fraction of sp³-hybridized carbons (Fsp3) is 1.00. The van der Waals surface area contributed by atoms with Crippen molar-refractivity contribution < 1.29 is 28.7 Å². The highest BCUT2D eigenvalue weighted by Gasteiger charge is 2.65. The third-order valence-electron chi connectivity index (χ3n) is 3.85. The first kappa shape index (κ1) is 13.7. The number of hydrogen-bond donors (Lipinski definition) is 4. The average molecular weight is 285 g/mol. The predicted molar refractivity (Wildman–Crippen MR) is 60.6 cm³/mol. The summed E-state index contributed by atoms with van der Waals surface area (Å²) in [5.74, 6) is 0. The number of fused-ring (bicyclic) bond motifs is 1. The van der Waals surface area contributed by atoms with Crippen molar-refractivity contribution in [3.05, 3.63) is 0 Å². The first-order valence-corrected chi connectivity index (χ1v) is 8.75. The Kier molecular flexibility index (Phi) is 3.33. The highest BCUT2D eigenvalue weighted by Crippen LogP contribution is 2.73. The van der Waals surface area contributed by atoms with Crippen LogP contribution < -0.4 is 0 Å². The van der Waals surface area contributed by atoms with Crippen LogP contribution in [0.4, 0.5) is 0 Å². The van der Waals surface area contributed by atoms with E-state index in [0.717, 1.165) is 19.3 Å². The van der Waals surface area contributed by atoms with Gasteiger partial charge in [0.1, 0.15) is 0 Å². The molecular formula is C8H17NO6P2. The van der Waals surface area contributed by atoms with Gasteiger partial charge in [-0.05, 0) is 25.8 Å². The Balaban J connectivity index is 2.39. The zero-order valence-corrected chi connectivity index (χ0v) is 11.1. The van der Waals surface area contributed by atoms with Gasteiger partial charge in [0, 0.05) is 12.6 Å². The van der Waals surface area contributed by atoms with Crippen LogP contribution in [0.15, 0.2) is 0 Å². The van der Waals surface area contributed by atoms with Crippen molar-refractivity contribution >= 4 is 15.2 Å². The van der Waals surface area contributed by atoms with Gasteiger partial charge in [-0.15, -0.1) is 0 Å². The molecule has 2 aliphatic heterocycles. The summed E-state index contributed by atoms with van der Waals surface area (Å²) < 4.78 is 23.0. The van der Waals surface area contributed by atoms with Crippen LogP contribution in [0.1, 0.15) is 25.7 Å². The molecule has 2 fully saturated rings. The molecular weight excluding hydrogens is 268 g/mol. The van der Waals surface area contributed by atoms with E-state index in [1.54, 1.807) is 0 Å². The van der Waals surface area contributed by atoms with E-state index in [1.807, 2.05) is 4.90 Å². The maximum absolute atomic E-state index is 11.5. The van der Waals surface area contributed by atoms with Crippen LogP contribution in [0.5, 0.6) is 0 Å². The Hall–Kier alpha value is 0.260. The minimum Gasteiger partial charge on any atom is -0.324 e. The van der Waals surface area contributed by atoms with Gasteiger partial charge in [0.15, 0.2) is 4.90 Å². The number of hydrogen-bond acceptors (Lipinski definition) is 3. The van der Waals surface area contributed by atoms with E-state index in [9.17, 15) is 28.7 Å². The Morgan fingerprint density at radius 2 is 1.65 bits per heavy atom. The smallest absolute Gasteiger partial charge is 0.324 e. The summed E-state index contributed by atoms with van der Waals surface area (Å²) in [6, 6.07) is -0.107. The van der Waals surface area contributed by atoms with Gasteiger partial charge in [0.2, 0.25) is 0 Å². The molecule has 1 unspecified atom stereocenters. The van der Waals surface area contributed by atoms with E-state index in [2.05, 4.69) is 0 Å². The second kappa shape index (κ2) is 4.14. The molecule has 1 atom stereocenters. The molecule has 0 saturated carbocycles. The lowest BCUT2D eigenvalue weighted by molar-refractivity contribution is 0.196. The van der Waals surface area contributed by atoms with Gasteiger partial charge in [-0.3, -0.25) is 14.0 Å². The average Bonchev–Trinajstić information content (AvgIpc) is 2.55. The molecule has 2 rings (SSSR count). The van der Waals surface area contributed by atoms with E-state index in [1.165, 1.54) is 0 Å². The lowest BCUT2D eigenvalue weighted by atomic mass is 10.0. The molecule has 0 aliphatic carbocycles. The van der Waals surface area contributed by atoms with Gasteiger partial charge in [-0.1, -0.05) is 6.42 Å². The van der Waals surface area contributed by atoms with E-state index < -0.39 is 20.1 Å². The molecule has 2 heterocycles. The molecule has 0 spiro atoms. The SMILES string of the molecule is O=P(O)(O)C1(P(=O)(O)O)CC2CCCCN2C1. The summed E-state index contributed by atoms with van der Waals surface area (Å²) >= 11 is 0. The standard InChI is InChI=1S/C8H17NO6P2/c10-16(11,12)8(17(13,14)15)5-7-3-1-2-4-9(7)6-8/h7H,1-6H2,(H2,10,11,12)(H2,13,14,15). The molecule has 0 amide bonds. The summed E-state index contributed by atoms with van der Waals surface area (Å²) in [7, 11) is -9.69. The molecule has 0 bridgehead atoms. The van der Waals surface area contributed by atoms with Gasteiger partial charge in [0.05, 0.1) is 0 Å². The summed E-state index contributed by atoms with van der Waals surface area (Å²) in [5, 5.41) is 0. The minimum atomic E-state index is -4.84. The van der Waals surface area contributed by atoms with Crippen molar-refractivity contribution in [2.45, 2.75) is 36.6 Å². The van der Waals surface area contributed by atoms with E-state index in [0.29, 0.717) is 6.54 Å².